The summed E-state index contributed by atoms with van der Waals surface area (Å²) in [5.74, 6) is 0.542. The van der Waals surface area contributed by atoms with Crippen molar-refractivity contribution >= 4 is 16.9 Å². The molecule has 0 radical (unpaired) electrons. The number of fused-ring (bicyclic) bond motifs is 3. The van der Waals surface area contributed by atoms with E-state index in [0.29, 0.717) is 11.3 Å². The minimum absolute atomic E-state index is 0.201. The third kappa shape index (κ3) is 1.04. The first-order valence-corrected chi connectivity index (χ1v) is 5.10. The molecule has 3 heterocycles. The second-order valence-corrected chi connectivity index (χ2v) is 3.99. The molecule has 0 amide bonds. The lowest BCUT2D eigenvalue weighted by Gasteiger charge is -2.08. The van der Waals surface area contributed by atoms with Crippen LogP contribution in [-0.2, 0) is 0 Å². The zero-order valence-corrected chi connectivity index (χ0v) is 9.01. The maximum Gasteiger partial charge on any atom is 0.280 e. The number of H-pyrrole nitrogens is 1. The van der Waals surface area contributed by atoms with E-state index < -0.39 is 0 Å². The average molecular weight is 217 g/mol. The summed E-state index contributed by atoms with van der Waals surface area (Å²) < 4.78 is 3.79. The van der Waals surface area contributed by atoms with Gasteiger partial charge in [0.1, 0.15) is 0 Å². The minimum Gasteiger partial charge on any atom is -0.314 e. The largest absolute Gasteiger partial charge is 0.314 e. The highest BCUT2D eigenvalue weighted by Gasteiger charge is 2.12. The molecule has 3 aromatic rings. The molecule has 0 unspecified atom stereocenters. The topological polar surface area (TPSA) is 68.0 Å². The summed E-state index contributed by atoms with van der Waals surface area (Å²) >= 11 is 0. The zero-order valence-electron chi connectivity index (χ0n) is 9.01. The van der Waals surface area contributed by atoms with Crippen LogP contribution in [0.1, 0.15) is 19.9 Å². The highest BCUT2D eigenvalue weighted by molar-refractivity contribution is 5.72. The number of aromatic amines is 1. The average Bonchev–Trinajstić information content (AvgIpc) is 2.80. The standard InChI is InChI=1S/C10H11N5O/c1-6(2)15-5-12-7-8(16)13-10-11-3-4-14(10)9(7)15/h3-6H,1-2H3,(H,11,13,16). The summed E-state index contributed by atoms with van der Waals surface area (Å²) in [4.78, 5) is 22.6. The lowest BCUT2D eigenvalue weighted by Crippen LogP contribution is -2.11. The predicted molar refractivity (Wildman–Crippen MR) is 59.5 cm³/mol. The second kappa shape index (κ2) is 2.94. The van der Waals surface area contributed by atoms with Crippen LogP contribution in [0, 0.1) is 0 Å². The van der Waals surface area contributed by atoms with E-state index in [4.69, 9.17) is 0 Å². The van der Waals surface area contributed by atoms with Gasteiger partial charge in [-0.1, -0.05) is 0 Å². The summed E-state index contributed by atoms with van der Waals surface area (Å²) in [6, 6.07) is 0.248. The summed E-state index contributed by atoms with van der Waals surface area (Å²) in [5.41, 5.74) is 1.03. The van der Waals surface area contributed by atoms with Crippen LogP contribution < -0.4 is 5.56 Å². The maximum absolute atomic E-state index is 11.7. The highest BCUT2D eigenvalue weighted by Crippen LogP contribution is 2.14. The van der Waals surface area contributed by atoms with Crippen LogP contribution in [0.2, 0.25) is 0 Å². The van der Waals surface area contributed by atoms with Gasteiger partial charge in [-0.05, 0) is 13.8 Å². The lowest BCUT2D eigenvalue weighted by atomic mass is 10.4. The third-order valence-corrected chi connectivity index (χ3v) is 2.63. The van der Waals surface area contributed by atoms with E-state index in [0.717, 1.165) is 5.65 Å². The molecule has 0 spiro atoms. The van der Waals surface area contributed by atoms with Gasteiger partial charge in [0.25, 0.3) is 5.56 Å². The van der Waals surface area contributed by atoms with Gasteiger partial charge >= 0.3 is 0 Å². The van der Waals surface area contributed by atoms with Crippen molar-refractivity contribution in [3.05, 3.63) is 29.1 Å². The Morgan fingerprint density at radius 1 is 1.38 bits per heavy atom. The number of hydrogen-bond acceptors (Lipinski definition) is 3. The van der Waals surface area contributed by atoms with Crippen molar-refractivity contribution in [1.82, 2.24) is 23.9 Å². The van der Waals surface area contributed by atoms with Gasteiger partial charge in [-0.2, -0.15) is 0 Å². The lowest BCUT2D eigenvalue weighted by molar-refractivity contribution is 0.610. The molecule has 6 nitrogen and oxygen atoms in total. The quantitative estimate of drug-likeness (QED) is 0.660. The molecule has 0 aromatic carbocycles. The van der Waals surface area contributed by atoms with E-state index in [1.807, 2.05) is 29.0 Å². The number of imidazole rings is 2. The Morgan fingerprint density at radius 3 is 2.94 bits per heavy atom. The number of rotatable bonds is 1. The number of nitrogens with zero attached hydrogens (tertiary/aromatic N) is 4. The Bertz CT molecular complexity index is 718. The summed E-state index contributed by atoms with van der Waals surface area (Å²) in [6.07, 6.45) is 5.15. The molecule has 16 heavy (non-hydrogen) atoms. The first kappa shape index (κ1) is 9.14. The highest BCUT2D eigenvalue weighted by atomic mass is 16.1. The SMILES string of the molecule is CC(C)n1cnc2c(=O)[nH]c3nccn3c21. The van der Waals surface area contributed by atoms with Crippen LogP contribution >= 0.6 is 0 Å². The van der Waals surface area contributed by atoms with E-state index in [1.54, 1.807) is 12.5 Å². The Balaban J connectivity index is 2.61. The Labute approximate surface area is 90.6 Å². The molecule has 3 aromatic heterocycles. The summed E-state index contributed by atoms with van der Waals surface area (Å²) in [7, 11) is 0. The van der Waals surface area contributed by atoms with Crippen molar-refractivity contribution in [2.24, 2.45) is 0 Å². The van der Waals surface area contributed by atoms with Crippen molar-refractivity contribution in [2.45, 2.75) is 19.9 Å². The van der Waals surface area contributed by atoms with Gasteiger partial charge in [0, 0.05) is 18.4 Å². The fraction of sp³-hybridized carbons (Fsp3) is 0.300. The molecular weight excluding hydrogens is 206 g/mol. The van der Waals surface area contributed by atoms with Gasteiger partial charge in [0.05, 0.1) is 6.33 Å². The molecule has 0 aliphatic rings. The van der Waals surface area contributed by atoms with Gasteiger partial charge in [-0.3, -0.25) is 14.2 Å². The second-order valence-electron chi connectivity index (χ2n) is 3.99. The smallest absolute Gasteiger partial charge is 0.280 e. The van der Waals surface area contributed by atoms with Crippen molar-refractivity contribution < 1.29 is 0 Å². The van der Waals surface area contributed by atoms with Crippen LogP contribution in [0.25, 0.3) is 16.9 Å². The molecule has 82 valence electrons. The Hall–Kier alpha value is -2.11. The minimum atomic E-state index is -0.201. The monoisotopic (exact) mass is 217 g/mol. The van der Waals surface area contributed by atoms with Gasteiger partial charge in [-0.15, -0.1) is 0 Å². The van der Waals surface area contributed by atoms with Gasteiger partial charge in [0.15, 0.2) is 11.2 Å². The number of hydrogen-bond donors (Lipinski definition) is 1. The van der Waals surface area contributed by atoms with Crippen molar-refractivity contribution in [3.8, 4) is 0 Å². The van der Waals surface area contributed by atoms with E-state index in [2.05, 4.69) is 15.0 Å². The molecule has 0 saturated heterocycles. The van der Waals surface area contributed by atoms with E-state index in [1.165, 1.54) is 0 Å². The van der Waals surface area contributed by atoms with Crippen LogP contribution in [0.4, 0.5) is 0 Å². The van der Waals surface area contributed by atoms with Crippen LogP contribution in [0.3, 0.4) is 0 Å². The molecule has 0 atom stereocenters. The first-order chi connectivity index (χ1) is 7.68. The van der Waals surface area contributed by atoms with Crippen molar-refractivity contribution in [3.63, 3.8) is 0 Å². The van der Waals surface area contributed by atoms with E-state index >= 15 is 0 Å². The van der Waals surface area contributed by atoms with Crippen molar-refractivity contribution in [1.29, 1.82) is 0 Å². The van der Waals surface area contributed by atoms with Gasteiger partial charge in [0.2, 0.25) is 5.78 Å². The van der Waals surface area contributed by atoms with Crippen molar-refractivity contribution in [2.75, 3.05) is 0 Å². The molecule has 0 aliphatic heterocycles. The van der Waals surface area contributed by atoms with Gasteiger partial charge in [-0.25, -0.2) is 9.97 Å². The fourth-order valence-corrected chi connectivity index (χ4v) is 1.86. The zero-order chi connectivity index (χ0) is 11.3. The normalized spacial score (nSPS) is 11.9. The number of aromatic nitrogens is 5. The molecular formula is C10H11N5O. The maximum atomic E-state index is 11.7. The number of nitrogens with one attached hydrogen (secondary N) is 1. The molecule has 0 saturated carbocycles. The predicted octanol–water partition coefficient (Wildman–Crippen LogP) is 0.953. The van der Waals surface area contributed by atoms with Crippen LogP contribution in [0.15, 0.2) is 23.5 Å². The molecule has 0 fully saturated rings. The molecule has 0 bridgehead atoms. The van der Waals surface area contributed by atoms with E-state index in [-0.39, 0.29) is 11.6 Å². The third-order valence-electron chi connectivity index (χ3n) is 2.63. The van der Waals surface area contributed by atoms with Crippen LogP contribution in [-0.4, -0.2) is 23.9 Å². The fourth-order valence-electron chi connectivity index (χ4n) is 1.86. The van der Waals surface area contributed by atoms with Gasteiger partial charge < -0.3 is 4.57 Å². The Morgan fingerprint density at radius 2 is 2.19 bits per heavy atom. The van der Waals surface area contributed by atoms with E-state index in [9.17, 15) is 4.79 Å². The summed E-state index contributed by atoms with van der Waals surface area (Å²) in [5, 5.41) is 0. The van der Waals surface area contributed by atoms with Crippen LogP contribution in [0.5, 0.6) is 0 Å². The molecule has 3 rings (SSSR count). The summed E-state index contributed by atoms with van der Waals surface area (Å²) in [6.45, 7) is 4.09. The molecule has 6 heteroatoms. The Kier molecular flexibility index (Phi) is 1.68. The first-order valence-electron chi connectivity index (χ1n) is 5.10. The molecule has 1 N–H and O–H groups in total. The molecule has 0 aliphatic carbocycles.